The molecule has 0 atom stereocenters. The molecule has 1 saturated heterocycles. The fraction of sp³-hybridized carbons (Fsp3) is 0.588. The van der Waals surface area contributed by atoms with Gasteiger partial charge in [0, 0.05) is 6.54 Å². The molecule has 116 valence electrons. The second kappa shape index (κ2) is 9.40. The molecule has 1 fully saturated rings. The van der Waals surface area contributed by atoms with Crippen LogP contribution in [0.15, 0.2) is 30.3 Å². The zero-order valence-corrected chi connectivity index (χ0v) is 12.7. The van der Waals surface area contributed by atoms with Crippen molar-refractivity contribution < 1.29 is 9.53 Å². The fourth-order valence-corrected chi connectivity index (χ4v) is 2.59. The third-order valence-corrected chi connectivity index (χ3v) is 3.79. The number of piperidine rings is 1. The predicted octanol–water partition coefficient (Wildman–Crippen LogP) is 2.45. The van der Waals surface area contributed by atoms with E-state index in [1.165, 1.54) is 32.4 Å². The van der Waals surface area contributed by atoms with Gasteiger partial charge in [0.1, 0.15) is 5.75 Å². The molecule has 0 spiro atoms. The smallest absolute Gasteiger partial charge is 0.257 e. The number of hydrogen-bond donors (Lipinski definition) is 1. The summed E-state index contributed by atoms with van der Waals surface area (Å²) in [5.74, 6) is 0.689. The first-order valence-corrected chi connectivity index (χ1v) is 8.01. The van der Waals surface area contributed by atoms with Crippen molar-refractivity contribution in [3.63, 3.8) is 0 Å². The Morgan fingerprint density at radius 1 is 1.10 bits per heavy atom. The van der Waals surface area contributed by atoms with E-state index in [2.05, 4.69) is 10.2 Å². The van der Waals surface area contributed by atoms with Crippen LogP contribution >= 0.6 is 0 Å². The Morgan fingerprint density at radius 2 is 1.86 bits per heavy atom. The van der Waals surface area contributed by atoms with Gasteiger partial charge in [0.05, 0.1) is 0 Å². The molecule has 4 heteroatoms. The summed E-state index contributed by atoms with van der Waals surface area (Å²) in [4.78, 5) is 14.2. The summed E-state index contributed by atoms with van der Waals surface area (Å²) in [7, 11) is 0. The van der Waals surface area contributed by atoms with Crippen molar-refractivity contribution in [2.75, 3.05) is 32.8 Å². The normalized spacial score (nSPS) is 15.6. The van der Waals surface area contributed by atoms with E-state index in [1.807, 2.05) is 30.3 Å². The average molecular weight is 290 g/mol. The van der Waals surface area contributed by atoms with Crippen LogP contribution in [0.2, 0.25) is 0 Å². The highest BCUT2D eigenvalue weighted by molar-refractivity contribution is 5.77. The molecule has 1 heterocycles. The molecular formula is C17H26N2O2. The van der Waals surface area contributed by atoms with Gasteiger partial charge in [0.25, 0.3) is 5.91 Å². The summed E-state index contributed by atoms with van der Waals surface area (Å²) in [5, 5.41) is 2.91. The minimum atomic E-state index is -0.0446. The van der Waals surface area contributed by atoms with Gasteiger partial charge in [-0.2, -0.15) is 0 Å². The largest absolute Gasteiger partial charge is 0.484 e. The molecular weight excluding hydrogens is 264 g/mol. The minimum Gasteiger partial charge on any atom is -0.484 e. The Balaban J connectivity index is 1.47. The van der Waals surface area contributed by atoms with Gasteiger partial charge < -0.3 is 15.0 Å². The number of hydrogen-bond acceptors (Lipinski definition) is 3. The maximum Gasteiger partial charge on any atom is 0.257 e. The molecule has 0 aliphatic carbocycles. The first kappa shape index (κ1) is 15.8. The second-order valence-electron chi connectivity index (χ2n) is 5.56. The van der Waals surface area contributed by atoms with Crippen LogP contribution in [0.25, 0.3) is 0 Å². The molecule has 0 saturated carbocycles. The molecule has 1 aromatic rings. The van der Waals surface area contributed by atoms with Crippen LogP contribution in [0.4, 0.5) is 0 Å². The second-order valence-corrected chi connectivity index (χ2v) is 5.56. The van der Waals surface area contributed by atoms with Gasteiger partial charge in [-0.25, -0.2) is 0 Å². The maximum atomic E-state index is 11.6. The highest BCUT2D eigenvalue weighted by Crippen LogP contribution is 2.09. The van der Waals surface area contributed by atoms with Crippen molar-refractivity contribution in [3.05, 3.63) is 30.3 Å². The van der Waals surface area contributed by atoms with Crippen LogP contribution in [0.1, 0.15) is 32.1 Å². The predicted molar refractivity (Wildman–Crippen MR) is 84.5 cm³/mol. The number of benzene rings is 1. The number of ether oxygens (including phenoxy) is 1. The van der Waals surface area contributed by atoms with Crippen molar-refractivity contribution in [1.29, 1.82) is 0 Å². The SMILES string of the molecule is O=C(COc1ccccc1)NCCCCN1CCCCC1. The van der Waals surface area contributed by atoms with Crippen LogP contribution in [-0.4, -0.2) is 43.6 Å². The average Bonchev–Trinajstić information content (AvgIpc) is 2.54. The van der Waals surface area contributed by atoms with Crippen LogP contribution in [-0.2, 0) is 4.79 Å². The number of carbonyl (C=O) groups excluding carboxylic acids is 1. The van der Waals surface area contributed by atoms with E-state index in [4.69, 9.17) is 4.74 Å². The number of amides is 1. The highest BCUT2D eigenvalue weighted by atomic mass is 16.5. The van der Waals surface area contributed by atoms with Gasteiger partial charge in [-0.3, -0.25) is 4.79 Å². The lowest BCUT2D eigenvalue weighted by molar-refractivity contribution is -0.123. The minimum absolute atomic E-state index is 0.0446. The molecule has 1 N–H and O–H groups in total. The van der Waals surface area contributed by atoms with Crippen LogP contribution in [0.5, 0.6) is 5.75 Å². The maximum absolute atomic E-state index is 11.6. The van der Waals surface area contributed by atoms with E-state index < -0.39 is 0 Å². The van der Waals surface area contributed by atoms with Gasteiger partial charge >= 0.3 is 0 Å². The van der Waals surface area contributed by atoms with E-state index >= 15 is 0 Å². The van der Waals surface area contributed by atoms with Gasteiger partial charge in [-0.1, -0.05) is 24.6 Å². The summed E-state index contributed by atoms with van der Waals surface area (Å²) in [6.45, 7) is 4.49. The Morgan fingerprint density at radius 3 is 2.62 bits per heavy atom. The summed E-state index contributed by atoms with van der Waals surface area (Å²) >= 11 is 0. The number of nitrogens with one attached hydrogen (secondary N) is 1. The topological polar surface area (TPSA) is 41.6 Å². The van der Waals surface area contributed by atoms with E-state index in [0.29, 0.717) is 0 Å². The quantitative estimate of drug-likeness (QED) is 0.748. The summed E-state index contributed by atoms with van der Waals surface area (Å²) in [6, 6.07) is 9.43. The summed E-state index contributed by atoms with van der Waals surface area (Å²) in [6.07, 6.45) is 6.25. The van der Waals surface area contributed by atoms with Crippen molar-refractivity contribution >= 4 is 5.91 Å². The highest BCUT2D eigenvalue weighted by Gasteiger charge is 2.09. The first-order chi connectivity index (χ1) is 10.3. The van der Waals surface area contributed by atoms with Crippen LogP contribution in [0.3, 0.4) is 0 Å². The fourth-order valence-electron chi connectivity index (χ4n) is 2.59. The Hall–Kier alpha value is -1.55. The number of para-hydroxylation sites is 1. The summed E-state index contributed by atoms with van der Waals surface area (Å²) < 4.78 is 5.40. The molecule has 1 amide bonds. The molecule has 0 radical (unpaired) electrons. The van der Waals surface area contributed by atoms with Crippen LogP contribution < -0.4 is 10.1 Å². The zero-order valence-electron chi connectivity index (χ0n) is 12.7. The molecule has 0 aromatic heterocycles. The summed E-state index contributed by atoms with van der Waals surface area (Å²) in [5.41, 5.74) is 0. The Labute approximate surface area is 127 Å². The van der Waals surface area contributed by atoms with E-state index in [1.54, 1.807) is 0 Å². The zero-order chi connectivity index (χ0) is 14.8. The molecule has 2 rings (SSSR count). The molecule has 1 aliphatic heterocycles. The van der Waals surface area contributed by atoms with Gasteiger partial charge in [-0.15, -0.1) is 0 Å². The lowest BCUT2D eigenvalue weighted by Crippen LogP contribution is -2.32. The number of nitrogens with zero attached hydrogens (tertiary/aromatic N) is 1. The third kappa shape index (κ3) is 6.63. The molecule has 21 heavy (non-hydrogen) atoms. The van der Waals surface area contributed by atoms with E-state index in [-0.39, 0.29) is 12.5 Å². The lowest BCUT2D eigenvalue weighted by Gasteiger charge is -2.26. The first-order valence-electron chi connectivity index (χ1n) is 8.01. The number of likely N-dealkylation sites (tertiary alicyclic amines) is 1. The Bertz CT molecular complexity index is 403. The number of rotatable bonds is 8. The molecule has 1 aromatic carbocycles. The number of carbonyl (C=O) groups is 1. The van der Waals surface area contributed by atoms with Crippen molar-refractivity contribution in [3.8, 4) is 5.75 Å². The third-order valence-electron chi connectivity index (χ3n) is 3.79. The van der Waals surface area contributed by atoms with Crippen molar-refractivity contribution in [1.82, 2.24) is 10.2 Å². The van der Waals surface area contributed by atoms with Gasteiger partial charge in [-0.05, 0) is 57.5 Å². The number of unbranched alkanes of at least 4 members (excludes halogenated alkanes) is 1. The van der Waals surface area contributed by atoms with E-state index in [9.17, 15) is 4.79 Å². The Kier molecular flexibility index (Phi) is 7.08. The standard InChI is InChI=1S/C17H26N2O2/c20-17(15-21-16-9-3-1-4-10-16)18-11-5-8-14-19-12-6-2-7-13-19/h1,3-4,9-10H,2,5-8,11-15H2,(H,18,20). The molecule has 0 bridgehead atoms. The van der Waals surface area contributed by atoms with Crippen LogP contribution in [0, 0.1) is 0 Å². The monoisotopic (exact) mass is 290 g/mol. The lowest BCUT2D eigenvalue weighted by atomic mass is 10.1. The van der Waals surface area contributed by atoms with E-state index in [0.717, 1.165) is 31.7 Å². The molecule has 1 aliphatic rings. The van der Waals surface area contributed by atoms with Gasteiger partial charge in [0.15, 0.2) is 6.61 Å². The molecule has 0 unspecified atom stereocenters. The van der Waals surface area contributed by atoms with Crippen molar-refractivity contribution in [2.45, 2.75) is 32.1 Å². The van der Waals surface area contributed by atoms with Crippen molar-refractivity contribution in [2.24, 2.45) is 0 Å². The molecule has 4 nitrogen and oxygen atoms in total. The van der Waals surface area contributed by atoms with Gasteiger partial charge in [0.2, 0.25) is 0 Å².